The first kappa shape index (κ1) is 16.7. The smallest absolute Gasteiger partial charge is 0.303 e. The molecule has 0 spiro atoms. The average molecular weight is 408 g/mol. The molecule has 3 rings (SSSR count). The number of rotatable bonds is 5. The summed E-state index contributed by atoms with van der Waals surface area (Å²) in [5, 5.41) is 9.64. The number of fused-ring (bicyclic) bond motifs is 1. The Labute approximate surface area is 147 Å². The van der Waals surface area contributed by atoms with Crippen LogP contribution in [-0.4, -0.2) is 23.5 Å². The Kier molecular flexibility index (Phi) is 4.47. The van der Waals surface area contributed by atoms with E-state index in [9.17, 15) is 13.2 Å². The van der Waals surface area contributed by atoms with E-state index in [4.69, 9.17) is 5.11 Å². The van der Waals surface area contributed by atoms with Crippen LogP contribution in [0.4, 0.5) is 0 Å². The summed E-state index contributed by atoms with van der Waals surface area (Å²) in [7, 11) is -3.74. The van der Waals surface area contributed by atoms with Gasteiger partial charge in [0.25, 0.3) is 10.0 Å². The molecule has 7 heteroatoms. The molecule has 2 aromatic carbocycles. The largest absolute Gasteiger partial charge is 0.481 e. The molecule has 0 radical (unpaired) electrons. The summed E-state index contributed by atoms with van der Waals surface area (Å²) in [6.45, 7) is 0. The molecule has 0 aliphatic carbocycles. The van der Waals surface area contributed by atoms with Gasteiger partial charge >= 0.3 is 5.97 Å². The van der Waals surface area contributed by atoms with Crippen LogP contribution in [0.2, 0.25) is 0 Å². The minimum Gasteiger partial charge on any atom is -0.481 e. The van der Waals surface area contributed by atoms with Gasteiger partial charge in [-0.25, -0.2) is 12.4 Å². The van der Waals surface area contributed by atoms with Gasteiger partial charge in [-0.15, -0.1) is 0 Å². The molecule has 1 N–H and O–H groups in total. The number of halogens is 1. The summed E-state index contributed by atoms with van der Waals surface area (Å²) in [6.07, 6.45) is 1.72. The number of carboxylic acid groups (broad SMARTS) is 1. The van der Waals surface area contributed by atoms with E-state index in [-0.39, 0.29) is 17.7 Å². The standard InChI is InChI=1S/C17H14BrNO4S/c18-13-7-8-16-15(10-13)12(6-9-17(20)21)11-19(16)24(22,23)14-4-2-1-3-5-14/h1-5,7-8,10-11H,6,9H2,(H,20,21). The van der Waals surface area contributed by atoms with Crippen molar-refractivity contribution in [3.8, 4) is 0 Å². The summed E-state index contributed by atoms with van der Waals surface area (Å²) in [4.78, 5) is 11.1. The quantitative estimate of drug-likeness (QED) is 0.699. The number of aryl methyl sites for hydroxylation is 1. The second-order valence-corrected chi connectivity index (χ2v) is 8.05. The van der Waals surface area contributed by atoms with Gasteiger partial charge < -0.3 is 5.11 Å². The van der Waals surface area contributed by atoms with Gasteiger partial charge in [-0.1, -0.05) is 34.1 Å². The van der Waals surface area contributed by atoms with Gasteiger partial charge in [0.15, 0.2) is 0 Å². The number of hydrogen-bond acceptors (Lipinski definition) is 3. The SMILES string of the molecule is O=C(O)CCc1cn(S(=O)(=O)c2ccccc2)c2ccc(Br)cc12. The topological polar surface area (TPSA) is 76.4 Å². The van der Waals surface area contributed by atoms with E-state index in [1.165, 1.54) is 22.3 Å². The molecule has 0 unspecified atom stereocenters. The molecule has 1 heterocycles. The van der Waals surface area contributed by atoms with Crippen LogP contribution in [-0.2, 0) is 21.2 Å². The van der Waals surface area contributed by atoms with Crippen molar-refractivity contribution in [1.29, 1.82) is 0 Å². The second-order valence-electron chi connectivity index (χ2n) is 5.32. The van der Waals surface area contributed by atoms with Crippen LogP contribution in [0.1, 0.15) is 12.0 Å². The summed E-state index contributed by atoms with van der Waals surface area (Å²) in [5.41, 5.74) is 1.22. The fraction of sp³-hybridized carbons (Fsp3) is 0.118. The summed E-state index contributed by atoms with van der Waals surface area (Å²) in [6, 6.07) is 13.4. The number of nitrogens with zero attached hydrogens (tertiary/aromatic N) is 1. The van der Waals surface area contributed by atoms with Crippen LogP contribution < -0.4 is 0 Å². The highest BCUT2D eigenvalue weighted by Gasteiger charge is 2.21. The molecule has 1 aromatic heterocycles. The maximum absolute atomic E-state index is 12.9. The van der Waals surface area contributed by atoms with Gasteiger partial charge in [-0.3, -0.25) is 4.79 Å². The number of benzene rings is 2. The van der Waals surface area contributed by atoms with Gasteiger partial charge in [0, 0.05) is 22.5 Å². The lowest BCUT2D eigenvalue weighted by Crippen LogP contribution is -2.11. The molecule has 0 aliphatic heterocycles. The van der Waals surface area contributed by atoms with Gasteiger partial charge in [0.2, 0.25) is 0 Å². The molecule has 0 bridgehead atoms. The van der Waals surface area contributed by atoms with Crippen molar-refractivity contribution in [2.24, 2.45) is 0 Å². The van der Waals surface area contributed by atoms with Crippen LogP contribution in [0.15, 0.2) is 64.1 Å². The molecule has 0 amide bonds. The zero-order valence-corrected chi connectivity index (χ0v) is 14.9. The normalized spacial score (nSPS) is 11.7. The molecule has 24 heavy (non-hydrogen) atoms. The van der Waals surface area contributed by atoms with Crippen LogP contribution in [0.25, 0.3) is 10.9 Å². The van der Waals surface area contributed by atoms with Crippen molar-refractivity contribution >= 4 is 42.8 Å². The highest BCUT2D eigenvalue weighted by atomic mass is 79.9. The summed E-state index contributed by atoms with van der Waals surface area (Å²) < 4.78 is 27.9. The second kappa shape index (κ2) is 6.41. The minimum absolute atomic E-state index is 0.0585. The molecule has 0 saturated carbocycles. The van der Waals surface area contributed by atoms with E-state index >= 15 is 0 Å². The third-order valence-corrected chi connectivity index (χ3v) is 5.90. The monoisotopic (exact) mass is 407 g/mol. The highest BCUT2D eigenvalue weighted by Crippen LogP contribution is 2.29. The zero-order chi connectivity index (χ0) is 17.3. The van der Waals surface area contributed by atoms with E-state index in [0.29, 0.717) is 11.1 Å². The Morgan fingerprint density at radius 3 is 2.50 bits per heavy atom. The third kappa shape index (κ3) is 3.09. The summed E-state index contributed by atoms with van der Waals surface area (Å²) in [5.74, 6) is -0.920. The predicted molar refractivity (Wildman–Crippen MR) is 94.6 cm³/mol. The molecule has 3 aromatic rings. The van der Waals surface area contributed by atoms with Crippen LogP contribution in [0, 0.1) is 0 Å². The van der Waals surface area contributed by atoms with E-state index in [2.05, 4.69) is 15.9 Å². The van der Waals surface area contributed by atoms with Crippen molar-refractivity contribution in [1.82, 2.24) is 3.97 Å². The Morgan fingerprint density at radius 2 is 1.83 bits per heavy atom. The molecule has 5 nitrogen and oxygen atoms in total. The van der Waals surface area contributed by atoms with Crippen molar-refractivity contribution in [2.75, 3.05) is 0 Å². The number of aromatic nitrogens is 1. The number of carboxylic acids is 1. The van der Waals surface area contributed by atoms with Crippen molar-refractivity contribution in [3.63, 3.8) is 0 Å². The Bertz CT molecular complexity index is 1010. The maximum Gasteiger partial charge on any atom is 0.303 e. The first-order valence-corrected chi connectivity index (χ1v) is 9.45. The first-order chi connectivity index (χ1) is 11.4. The van der Waals surface area contributed by atoms with Gasteiger partial charge in [-0.05, 0) is 42.3 Å². The molecule has 0 fully saturated rings. The van der Waals surface area contributed by atoms with Gasteiger partial charge in [0.05, 0.1) is 10.4 Å². The van der Waals surface area contributed by atoms with E-state index in [0.717, 1.165) is 9.86 Å². The van der Waals surface area contributed by atoms with Crippen molar-refractivity contribution < 1.29 is 18.3 Å². The first-order valence-electron chi connectivity index (χ1n) is 7.21. The lowest BCUT2D eigenvalue weighted by molar-refractivity contribution is -0.136. The number of hydrogen-bond donors (Lipinski definition) is 1. The summed E-state index contributed by atoms with van der Waals surface area (Å²) >= 11 is 3.38. The minimum atomic E-state index is -3.74. The van der Waals surface area contributed by atoms with Gasteiger partial charge in [0.1, 0.15) is 0 Å². The molecule has 0 saturated heterocycles. The Balaban J connectivity index is 2.20. The Morgan fingerprint density at radius 1 is 1.12 bits per heavy atom. The molecule has 0 atom stereocenters. The lowest BCUT2D eigenvalue weighted by Gasteiger charge is -2.07. The lowest BCUT2D eigenvalue weighted by atomic mass is 10.1. The molecule has 124 valence electrons. The van der Waals surface area contributed by atoms with Crippen LogP contribution in [0.3, 0.4) is 0 Å². The Hall–Kier alpha value is -2.12. The highest BCUT2D eigenvalue weighted by molar-refractivity contribution is 9.10. The molecule has 0 aliphatic rings. The van der Waals surface area contributed by atoms with Crippen molar-refractivity contribution in [2.45, 2.75) is 17.7 Å². The molecular weight excluding hydrogens is 394 g/mol. The predicted octanol–water partition coefficient (Wildman–Crippen LogP) is 3.66. The molecular formula is C17H14BrNO4S. The van der Waals surface area contributed by atoms with Crippen molar-refractivity contribution in [3.05, 3.63) is 64.8 Å². The van der Waals surface area contributed by atoms with Crippen LogP contribution >= 0.6 is 15.9 Å². The average Bonchev–Trinajstić information content (AvgIpc) is 2.92. The van der Waals surface area contributed by atoms with E-state index in [1.807, 2.05) is 6.07 Å². The number of aliphatic carboxylic acids is 1. The number of carbonyl (C=O) groups is 1. The fourth-order valence-electron chi connectivity index (χ4n) is 2.58. The van der Waals surface area contributed by atoms with Crippen LogP contribution in [0.5, 0.6) is 0 Å². The zero-order valence-electron chi connectivity index (χ0n) is 12.5. The fourth-order valence-corrected chi connectivity index (χ4v) is 4.36. The third-order valence-electron chi connectivity index (χ3n) is 3.72. The van der Waals surface area contributed by atoms with E-state index < -0.39 is 16.0 Å². The van der Waals surface area contributed by atoms with Gasteiger partial charge in [-0.2, -0.15) is 0 Å². The maximum atomic E-state index is 12.9. The van der Waals surface area contributed by atoms with E-state index in [1.54, 1.807) is 30.3 Å².